The Morgan fingerprint density at radius 1 is 1.11 bits per heavy atom. The van der Waals surface area contributed by atoms with Crippen molar-refractivity contribution in [3.05, 3.63) is 34.4 Å². The number of Topliss-reactive ketones (excluding diaryl/α,β-unsaturated/α-hetero) is 1. The largest absolute Gasteiger partial charge is 0.294 e. The number of carbonyl (C=O) groups is 1. The third-order valence-corrected chi connectivity index (χ3v) is 4.84. The Bertz CT molecular complexity index is 473. The molecule has 2 atom stereocenters. The number of carbonyl (C=O) groups excluding carboxylic acids is 1. The molecule has 1 aromatic rings. The zero-order chi connectivity index (χ0) is 14.0. The highest BCUT2D eigenvalue weighted by Gasteiger charge is 2.27. The van der Waals surface area contributed by atoms with Crippen LogP contribution in [-0.2, 0) is 0 Å². The molecular formula is C18H26O. The second-order valence-electron chi connectivity index (χ2n) is 6.25. The second kappa shape index (κ2) is 5.90. The van der Waals surface area contributed by atoms with Crippen molar-refractivity contribution in [2.24, 2.45) is 11.8 Å². The normalized spacial score (nSPS) is 23.4. The molecule has 0 bridgehead atoms. The Morgan fingerprint density at radius 2 is 1.79 bits per heavy atom. The predicted molar refractivity (Wildman–Crippen MR) is 80.7 cm³/mol. The minimum atomic E-state index is 0.263. The highest BCUT2D eigenvalue weighted by Crippen LogP contribution is 2.33. The molecule has 104 valence electrons. The number of hydrogen-bond acceptors (Lipinski definition) is 1. The summed E-state index contributed by atoms with van der Waals surface area (Å²) in [5.74, 6) is 1.41. The standard InChI is InChI=1S/C18H26O/c1-5-15-7-6-8-16(11-15)18(19)17-10-13(3)12(2)9-14(17)4/h9-10,15-16H,5-8,11H2,1-4H3. The Labute approximate surface area is 117 Å². The van der Waals surface area contributed by atoms with Crippen LogP contribution in [0.5, 0.6) is 0 Å². The van der Waals surface area contributed by atoms with Crippen LogP contribution in [0, 0.1) is 32.6 Å². The molecule has 1 aromatic carbocycles. The van der Waals surface area contributed by atoms with Gasteiger partial charge in [-0.2, -0.15) is 0 Å². The van der Waals surface area contributed by atoms with Gasteiger partial charge in [-0.15, -0.1) is 0 Å². The third-order valence-electron chi connectivity index (χ3n) is 4.84. The predicted octanol–water partition coefficient (Wildman–Crippen LogP) is 5.01. The molecule has 2 unspecified atom stereocenters. The van der Waals surface area contributed by atoms with Crippen LogP contribution in [-0.4, -0.2) is 5.78 Å². The van der Waals surface area contributed by atoms with Crippen molar-refractivity contribution in [3.8, 4) is 0 Å². The van der Waals surface area contributed by atoms with E-state index >= 15 is 0 Å². The van der Waals surface area contributed by atoms with Gasteiger partial charge in [-0.1, -0.05) is 32.3 Å². The van der Waals surface area contributed by atoms with Crippen LogP contribution in [0.1, 0.15) is 66.1 Å². The van der Waals surface area contributed by atoms with Crippen LogP contribution < -0.4 is 0 Å². The molecule has 0 radical (unpaired) electrons. The van der Waals surface area contributed by atoms with Crippen molar-refractivity contribution in [3.63, 3.8) is 0 Å². The molecule has 1 aliphatic carbocycles. The highest BCUT2D eigenvalue weighted by atomic mass is 16.1. The lowest BCUT2D eigenvalue weighted by atomic mass is 9.76. The molecule has 0 N–H and O–H groups in total. The fraction of sp³-hybridized carbons (Fsp3) is 0.611. The summed E-state index contributed by atoms with van der Waals surface area (Å²) in [6.45, 7) is 8.53. The van der Waals surface area contributed by atoms with Gasteiger partial charge in [0.2, 0.25) is 0 Å². The average Bonchev–Trinajstić information content (AvgIpc) is 2.42. The van der Waals surface area contributed by atoms with Gasteiger partial charge >= 0.3 is 0 Å². The van der Waals surface area contributed by atoms with Gasteiger partial charge in [0.05, 0.1) is 0 Å². The molecule has 0 aromatic heterocycles. The maximum absolute atomic E-state index is 12.7. The fourth-order valence-electron chi connectivity index (χ4n) is 3.35. The molecule has 1 saturated carbocycles. The van der Waals surface area contributed by atoms with E-state index in [1.165, 1.54) is 30.4 Å². The van der Waals surface area contributed by atoms with Crippen molar-refractivity contribution >= 4 is 5.78 Å². The maximum atomic E-state index is 12.7. The summed E-state index contributed by atoms with van der Waals surface area (Å²) < 4.78 is 0. The Balaban J connectivity index is 2.22. The minimum Gasteiger partial charge on any atom is -0.294 e. The van der Waals surface area contributed by atoms with Gasteiger partial charge in [0, 0.05) is 11.5 Å². The summed E-state index contributed by atoms with van der Waals surface area (Å²) in [5.41, 5.74) is 4.62. The Kier molecular flexibility index (Phi) is 4.44. The van der Waals surface area contributed by atoms with Crippen molar-refractivity contribution in [2.75, 3.05) is 0 Å². The van der Waals surface area contributed by atoms with Crippen molar-refractivity contribution in [2.45, 2.75) is 59.8 Å². The van der Waals surface area contributed by atoms with Crippen LogP contribution in [0.4, 0.5) is 0 Å². The zero-order valence-corrected chi connectivity index (χ0v) is 12.8. The van der Waals surface area contributed by atoms with Crippen molar-refractivity contribution < 1.29 is 4.79 Å². The van der Waals surface area contributed by atoms with E-state index in [1.807, 2.05) is 0 Å². The lowest BCUT2D eigenvalue weighted by Gasteiger charge is -2.28. The van der Waals surface area contributed by atoms with Gasteiger partial charge in [0.1, 0.15) is 0 Å². The van der Waals surface area contributed by atoms with Crippen LogP contribution in [0.3, 0.4) is 0 Å². The number of ketones is 1. The van der Waals surface area contributed by atoms with Gasteiger partial charge in [-0.25, -0.2) is 0 Å². The summed E-state index contributed by atoms with van der Waals surface area (Å²) in [4.78, 5) is 12.7. The van der Waals surface area contributed by atoms with E-state index in [0.29, 0.717) is 5.78 Å². The molecule has 0 spiro atoms. The van der Waals surface area contributed by atoms with E-state index < -0.39 is 0 Å². The van der Waals surface area contributed by atoms with Crippen LogP contribution in [0.15, 0.2) is 12.1 Å². The molecule has 19 heavy (non-hydrogen) atoms. The first-order valence-corrected chi connectivity index (χ1v) is 7.65. The zero-order valence-electron chi connectivity index (χ0n) is 12.8. The van der Waals surface area contributed by atoms with Crippen LogP contribution in [0.25, 0.3) is 0 Å². The SMILES string of the molecule is CCC1CCCC(C(=O)c2cc(C)c(C)cc2C)C1. The molecule has 1 nitrogen and oxygen atoms in total. The van der Waals surface area contributed by atoms with Gasteiger partial charge in [-0.05, 0) is 62.3 Å². The Hall–Kier alpha value is -1.11. The molecule has 0 amide bonds. The maximum Gasteiger partial charge on any atom is 0.166 e. The summed E-state index contributed by atoms with van der Waals surface area (Å²) in [6.07, 6.45) is 5.93. The third kappa shape index (κ3) is 3.08. The summed E-state index contributed by atoms with van der Waals surface area (Å²) in [5, 5.41) is 0. The van der Waals surface area contributed by atoms with E-state index in [9.17, 15) is 4.79 Å². The monoisotopic (exact) mass is 258 g/mol. The molecule has 2 rings (SSSR count). The van der Waals surface area contributed by atoms with E-state index in [0.717, 1.165) is 29.9 Å². The number of aryl methyl sites for hydroxylation is 3. The molecule has 0 heterocycles. The smallest absolute Gasteiger partial charge is 0.166 e. The fourth-order valence-corrected chi connectivity index (χ4v) is 3.35. The quantitative estimate of drug-likeness (QED) is 0.696. The van der Waals surface area contributed by atoms with Crippen molar-refractivity contribution in [1.82, 2.24) is 0 Å². The highest BCUT2D eigenvalue weighted by molar-refractivity contribution is 5.99. The first-order chi connectivity index (χ1) is 9.02. The molecule has 1 heteroatoms. The minimum absolute atomic E-state index is 0.263. The molecule has 0 saturated heterocycles. The Morgan fingerprint density at radius 3 is 2.47 bits per heavy atom. The first kappa shape index (κ1) is 14.3. The molecule has 0 aliphatic heterocycles. The van der Waals surface area contributed by atoms with Crippen molar-refractivity contribution in [1.29, 1.82) is 0 Å². The molecule has 1 fully saturated rings. The van der Waals surface area contributed by atoms with Crippen LogP contribution in [0.2, 0.25) is 0 Å². The topological polar surface area (TPSA) is 17.1 Å². The number of rotatable bonds is 3. The summed E-state index contributed by atoms with van der Waals surface area (Å²) >= 11 is 0. The molecular weight excluding hydrogens is 232 g/mol. The van der Waals surface area contributed by atoms with Crippen LogP contribution >= 0.6 is 0 Å². The van der Waals surface area contributed by atoms with Gasteiger partial charge in [0.15, 0.2) is 5.78 Å². The lowest BCUT2D eigenvalue weighted by Crippen LogP contribution is -2.23. The van der Waals surface area contributed by atoms with E-state index in [1.54, 1.807) is 0 Å². The van der Waals surface area contributed by atoms with E-state index in [2.05, 4.69) is 39.8 Å². The lowest BCUT2D eigenvalue weighted by molar-refractivity contribution is 0.0861. The number of benzene rings is 1. The number of hydrogen-bond donors (Lipinski definition) is 0. The van der Waals surface area contributed by atoms with Gasteiger partial charge in [0.25, 0.3) is 0 Å². The second-order valence-corrected chi connectivity index (χ2v) is 6.25. The van der Waals surface area contributed by atoms with E-state index in [4.69, 9.17) is 0 Å². The van der Waals surface area contributed by atoms with Gasteiger partial charge in [-0.3, -0.25) is 4.79 Å². The molecule has 1 aliphatic rings. The summed E-state index contributed by atoms with van der Waals surface area (Å²) in [7, 11) is 0. The van der Waals surface area contributed by atoms with Gasteiger partial charge < -0.3 is 0 Å². The van der Waals surface area contributed by atoms with E-state index in [-0.39, 0.29) is 5.92 Å². The first-order valence-electron chi connectivity index (χ1n) is 7.65. The summed E-state index contributed by atoms with van der Waals surface area (Å²) in [6, 6.07) is 4.26. The average molecular weight is 258 g/mol.